The Morgan fingerprint density at radius 3 is 2.44 bits per heavy atom. The molecule has 18 heavy (non-hydrogen) atoms. The second kappa shape index (κ2) is 5.17. The van der Waals surface area contributed by atoms with Crippen molar-refractivity contribution in [2.45, 2.75) is 0 Å². The fraction of sp³-hybridized carbons (Fsp3) is 0. The second-order valence-corrected chi connectivity index (χ2v) is 4.65. The minimum atomic E-state index is -0.760. The van der Waals surface area contributed by atoms with Crippen LogP contribution in [-0.2, 0) is 0 Å². The summed E-state index contributed by atoms with van der Waals surface area (Å²) in [6.07, 6.45) is 1.20. The zero-order valence-electron chi connectivity index (χ0n) is 8.98. The molecule has 0 fully saturated rings. The molecule has 0 saturated carbocycles. The molecule has 0 unspecified atom stereocenters. The summed E-state index contributed by atoms with van der Waals surface area (Å²) >= 11 is 2.16. The van der Waals surface area contributed by atoms with E-state index < -0.39 is 17.1 Å². The average molecular weight is 357 g/mol. The maximum atomic E-state index is 11.4. The number of aliphatic imine (C=N–C) groups is 1. The first-order chi connectivity index (χ1) is 8.56. The van der Waals surface area contributed by atoms with Crippen molar-refractivity contribution in [3.8, 4) is 5.88 Å². The molecule has 92 valence electrons. The van der Waals surface area contributed by atoms with Gasteiger partial charge >= 0.3 is 5.69 Å². The molecule has 0 radical (unpaired) electrons. The third-order valence-corrected chi connectivity index (χ3v) is 2.85. The number of aromatic nitrogens is 2. The molecule has 0 bridgehead atoms. The highest BCUT2D eigenvalue weighted by Gasteiger charge is 2.05. The minimum Gasteiger partial charge on any atom is -0.494 e. The number of rotatable bonds is 2. The van der Waals surface area contributed by atoms with Crippen molar-refractivity contribution >= 4 is 34.5 Å². The van der Waals surface area contributed by atoms with Gasteiger partial charge in [-0.2, -0.15) is 0 Å². The Labute approximate surface area is 115 Å². The molecular formula is C11H8IN3O3. The standard InChI is InChI=1S/C11H8IN3O3/c12-6-1-3-7(4-2-6)13-5-8-9(16)14-11(18)15-10(8)17/h1-5H,(H3,14,15,16,17,18). The zero-order chi connectivity index (χ0) is 13.1. The summed E-state index contributed by atoms with van der Waals surface area (Å²) in [5, 5.41) is 9.43. The van der Waals surface area contributed by atoms with Crippen molar-refractivity contribution in [1.82, 2.24) is 9.97 Å². The molecule has 2 aromatic rings. The molecule has 1 heterocycles. The topological polar surface area (TPSA) is 98.3 Å². The van der Waals surface area contributed by atoms with Crippen LogP contribution in [0.25, 0.3) is 0 Å². The smallest absolute Gasteiger partial charge is 0.328 e. The van der Waals surface area contributed by atoms with Crippen LogP contribution in [0.2, 0.25) is 0 Å². The highest BCUT2D eigenvalue weighted by atomic mass is 127. The van der Waals surface area contributed by atoms with Gasteiger partial charge in [-0.1, -0.05) is 0 Å². The summed E-state index contributed by atoms with van der Waals surface area (Å²) in [5.41, 5.74) is -0.900. The largest absolute Gasteiger partial charge is 0.494 e. The lowest BCUT2D eigenvalue weighted by Crippen LogP contribution is -2.24. The van der Waals surface area contributed by atoms with Gasteiger partial charge in [0.25, 0.3) is 5.56 Å². The number of halogens is 1. The molecule has 0 saturated heterocycles. The van der Waals surface area contributed by atoms with Crippen LogP contribution in [-0.4, -0.2) is 21.3 Å². The van der Waals surface area contributed by atoms with Gasteiger partial charge in [0.2, 0.25) is 5.88 Å². The van der Waals surface area contributed by atoms with Crippen LogP contribution >= 0.6 is 22.6 Å². The van der Waals surface area contributed by atoms with Crippen LogP contribution < -0.4 is 11.2 Å². The van der Waals surface area contributed by atoms with Gasteiger partial charge in [0.1, 0.15) is 5.56 Å². The summed E-state index contributed by atoms with van der Waals surface area (Å²) in [7, 11) is 0. The molecule has 0 atom stereocenters. The number of aromatic hydroxyl groups is 1. The van der Waals surface area contributed by atoms with Gasteiger partial charge in [-0.3, -0.25) is 19.8 Å². The van der Waals surface area contributed by atoms with Crippen molar-refractivity contribution in [2.75, 3.05) is 0 Å². The minimum absolute atomic E-state index is 0.0897. The van der Waals surface area contributed by atoms with Crippen molar-refractivity contribution in [1.29, 1.82) is 0 Å². The Morgan fingerprint density at radius 2 is 1.83 bits per heavy atom. The predicted molar refractivity (Wildman–Crippen MR) is 75.8 cm³/mol. The lowest BCUT2D eigenvalue weighted by molar-refractivity contribution is 0.447. The van der Waals surface area contributed by atoms with Crippen LogP contribution in [0, 0.1) is 3.57 Å². The molecule has 6 nitrogen and oxygen atoms in total. The Bertz CT molecular complexity index is 701. The van der Waals surface area contributed by atoms with Crippen molar-refractivity contribution in [3.05, 3.63) is 54.2 Å². The first-order valence-electron chi connectivity index (χ1n) is 4.91. The van der Waals surface area contributed by atoms with E-state index in [1.54, 1.807) is 12.1 Å². The second-order valence-electron chi connectivity index (χ2n) is 3.41. The predicted octanol–water partition coefficient (Wildman–Crippen LogP) is 1.12. The molecule has 0 aliphatic rings. The van der Waals surface area contributed by atoms with Crippen LogP contribution in [0.4, 0.5) is 5.69 Å². The van der Waals surface area contributed by atoms with Gasteiger partial charge in [-0.15, -0.1) is 0 Å². The fourth-order valence-electron chi connectivity index (χ4n) is 1.27. The summed E-state index contributed by atoms with van der Waals surface area (Å²) < 4.78 is 1.07. The van der Waals surface area contributed by atoms with E-state index in [4.69, 9.17) is 0 Å². The van der Waals surface area contributed by atoms with Crippen LogP contribution in [0.1, 0.15) is 5.56 Å². The van der Waals surface area contributed by atoms with Crippen molar-refractivity contribution in [3.63, 3.8) is 0 Å². The molecule has 0 amide bonds. The van der Waals surface area contributed by atoms with E-state index in [1.807, 2.05) is 17.1 Å². The van der Waals surface area contributed by atoms with Crippen molar-refractivity contribution < 1.29 is 5.11 Å². The molecular weight excluding hydrogens is 349 g/mol. The van der Waals surface area contributed by atoms with Gasteiger partial charge in [0.15, 0.2) is 0 Å². The van der Waals surface area contributed by atoms with Gasteiger partial charge in [0, 0.05) is 9.78 Å². The van der Waals surface area contributed by atoms with E-state index in [9.17, 15) is 14.7 Å². The lowest BCUT2D eigenvalue weighted by Gasteiger charge is -1.96. The quantitative estimate of drug-likeness (QED) is 0.555. The molecule has 7 heteroatoms. The highest BCUT2D eigenvalue weighted by Crippen LogP contribution is 2.14. The van der Waals surface area contributed by atoms with Gasteiger partial charge in [-0.05, 0) is 46.9 Å². The maximum Gasteiger partial charge on any atom is 0.328 e. The van der Waals surface area contributed by atoms with Gasteiger partial charge < -0.3 is 5.11 Å². The first-order valence-corrected chi connectivity index (χ1v) is 5.99. The number of hydrogen-bond acceptors (Lipinski definition) is 4. The first kappa shape index (κ1) is 12.6. The number of benzene rings is 1. The van der Waals surface area contributed by atoms with E-state index in [0.717, 1.165) is 3.57 Å². The number of hydrogen-bond donors (Lipinski definition) is 3. The summed E-state index contributed by atoms with van der Waals surface area (Å²) in [5.74, 6) is -0.502. The SMILES string of the molecule is O=c1[nH]c(O)c(C=Nc2ccc(I)cc2)c(=O)[nH]1. The summed E-state index contributed by atoms with van der Waals surface area (Å²) in [6.45, 7) is 0. The number of nitrogens with one attached hydrogen (secondary N) is 2. The van der Waals surface area contributed by atoms with E-state index in [1.165, 1.54) is 6.21 Å². The Morgan fingerprint density at radius 1 is 1.17 bits per heavy atom. The Kier molecular flexibility index (Phi) is 3.60. The zero-order valence-corrected chi connectivity index (χ0v) is 11.1. The third kappa shape index (κ3) is 2.86. The molecule has 2 rings (SSSR count). The number of nitrogens with zero attached hydrogens (tertiary/aromatic N) is 1. The summed E-state index contributed by atoms with van der Waals surface area (Å²) in [4.78, 5) is 30.4. The fourth-order valence-corrected chi connectivity index (χ4v) is 1.63. The molecule has 0 aliphatic heterocycles. The van der Waals surface area contributed by atoms with Crippen LogP contribution in [0.5, 0.6) is 5.88 Å². The number of aromatic amines is 2. The Balaban J connectivity index is 2.38. The number of H-pyrrole nitrogens is 2. The normalized spacial score (nSPS) is 10.9. The van der Waals surface area contributed by atoms with E-state index in [0.29, 0.717) is 5.69 Å². The van der Waals surface area contributed by atoms with E-state index >= 15 is 0 Å². The van der Waals surface area contributed by atoms with Crippen LogP contribution in [0.3, 0.4) is 0 Å². The molecule has 1 aromatic heterocycles. The van der Waals surface area contributed by atoms with E-state index in [2.05, 4.69) is 32.6 Å². The monoisotopic (exact) mass is 357 g/mol. The van der Waals surface area contributed by atoms with Crippen molar-refractivity contribution in [2.24, 2.45) is 4.99 Å². The van der Waals surface area contributed by atoms with Gasteiger partial charge in [-0.25, -0.2) is 4.79 Å². The summed E-state index contributed by atoms with van der Waals surface area (Å²) in [6, 6.07) is 7.28. The van der Waals surface area contributed by atoms with E-state index in [-0.39, 0.29) is 5.56 Å². The molecule has 0 aliphatic carbocycles. The third-order valence-electron chi connectivity index (χ3n) is 2.13. The molecule has 0 spiro atoms. The van der Waals surface area contributed by atoms with Crippen LogP contribution in [0.15, 0.2) is 38.8 Å². The van der Waals surface area contributed by atoms with Gasteiger partial charge in [0.05, 0.1) is 5.69 Å². The average Bonchev–Trinajstić information content (AvgIpc) is 2.30. The Hall–Kier alpha value is -1.90. The lowest BCUT2D eigenvalue weighted by atomic mass is 10.3. The highest BCUT2D eigenvalue weighted by molar-refractivity contribution is 14.1. The maximum absolute atomic E-state index is 11.4. The molecule has 1 aromatic carbocycles. The molecule has 3 N–H and O–H groups in total.